The van der Waals surface area contributed by atoms with E-state index >= 15 is 0 Å². The predicted octanol–water partition coefficient (Wildman–Crippen LogP) is 1.13. The fourth-order valence-corrected chi connectivity index (χ4v) is 2.41. The quantitative estimate of drug-likeness (QED) is 0.652. The van der Waals surface area contributed by atoms with Crippen LogP contribution in [0.3, 0.4) is 0 Å². The highest BCUT2D eigenvalue weighted by Crippen LogP contribution is 2.21. The van der Waals surface area contributed by atoms with Gasteiger partial charge in [-0.05, 0) is 29.2 Å². The highest BCUT2D eigenvalue weighted by molar-refractivity contribution is 6.61. The Bertz CT molecular complexity index is 780. The Balaban J connectivity index is 1.86. The first-order valence-electron chi connectivity index (χ1n) is 6.94. The van der Waals surface area contributed by atoms with Crippen molar-refractivity contribution in [2.75, 3.05) is 12.4 Å². The Morgan fingerprint density at radius 3 is 2.91 bits per heavy atom. The maximum atomic E-state index is 12.4. The van der Waals surface area contributed by atoms with Gasteiger partial charge in [-0.1, -0.05) is 18.2 Å². The monoisotopic (exact) mass is 313 g/mol. The van der Waals surface area contributed by atoms with Crippen molar-refractivity contribution in [1.82, 2.24) is 0 Å². The van der Waals surface area contributed by atoms with Gasteiger partial charge in [0.1, 0.15) is 5.56 Å². The molecule has 2 aromatic rings. The van der Waals surface area contributed by atoms with E-state index in [-0.39, 0.29) is 16.2 Å². The van der Waals surface area contributed by atoms with Crippen LogP contribution in [0, 0.1) is 4.91 Å². The number of nitrogens with one attached hydrogen (secondary N) is 1. The van der Waals surface area contributed by atoms with Crippen molar-refractivity contribution in [3.8, 4) is 0 Å². The van der Waals surface area contributed by atoms with Gasteiger partial charge in [0.05, 0.1) is 11.5 Å². The molecule has 2 N–H and O–H groups in total. The maximum absolute atomic E-state index is 12.4. The van der Waals surface area contributed by atoms with Crippen molar-refractivity contribution in [3.05, 3.63) is 58.5 Å². The SMILES string of the molecule is CO[N+](=O)c1ccccc1C(=O)Nc1ccc2c(c1)B(O)OC2. The number of carbonyl (C=O) groups is 1. The number of rotatable bonds is 4. The van der Waals surface area contributed by atoms with Crippen LogP contribution in [0.4, 0.5) is 11.4 Å². The number of benzene rings is 2. The van der Waals surface area contributed by atoms with Crippen LogP contribution in [0.5, 0.6) is 0 Å². The number of hydrogen-bond donors (Lipinski definition) is 2. The van der Waals surface area contributed by atoms with Crippen LogP contribution in [-0.4, -0.2) is 30.1 Å². The van der Waals surface area contributed by atoms with Crippen LogP contribution in [0.15, 0.2) is 42.5 Å². The van der Waals surface area contributed by atoms with E-state index in [9.17, 15) is 14.7 Å². The molecule has 0 atom stereocenters. The Labute approximate surface area is 132 Å². The van der Waals surface area contributed by atoms with Crippen LogP contribution in [0.25, 0.3) is 0 Å². The molecule has 0 aliphatic carbocycles. The van der Waals surface area contributed by atoms with Gasteiger partial charge in [0.15, 0.2) is 7.11 Å². The zero-order valence-electron chi connectivity index (χ0n) is 12.4. The highest BCUT2D eigenvalue weighted by atomic mass is 16.8. The van der Waals surface area contributed by atoms with Crippen LogP contribution >= 0.6 is 0 Å². The lowest BCUT2D eigenvalue weighted by molar-refractivity contribution is -0.736. The molecule has 0 fully saturated rings. The first-order valence-corrected chi connectivity index (χ1v) is 6.94. The van der Waals surface area contributed by atoms with Crippen LogP contribution < -0.4 is 10.8 Å². The molecule has 1 amide bonds. The molecule has 0 saturated heterocycles. The lowest BCUT2D eigenvalue weighted by Gasteiger charge is -2.07. The summed E-state index contributed by atoms with van der Waals surface area (Å²) in [5.41, 5.74) is 2.29. The minimum atomic E-state index is -0.986. The Morgan fingerprint density at radius 2 is 2.13 bits per heavy atom. The number of nitrogens with zero attached hydrogens (tertiary/aromatic N) is 1. The third-order valence-corrected chi connectivity index (χ3v) is 3.58. The Hall–Kier alpha value is -2.71. The average molecular weight is 313 g/mol. The summed E-state index contributed by atoms with van der Waals surface area (Å²) in [5, 5.41) is 12.4. The number of amides is 1. The smallest absolute Gasteiger partial charge is 0.423 e. The van der Waals surface area contributed by atoms with E-state index in [1.807, 2.05) is 0 Å². The molecular weight excluding hydrogens is 299 g/mol. The van der Waals surface area contributed by atoms with Gasteiger partial charge >= 0.3 is 12.8 Å². The van der Waals surface area contributed by atoms with Crippen LogP contribution in [0.2, 0.25) is 0 Å². The summed E-state index contributed by atoms with van der Waals surface area (Å²) < 4.78 is 5.11. The van der Waals surface area contributed by atoms with Gasteiger partial charge in [-0.15, -0.1) is 0 Å². The molecule has 0 unspecified atom stereocenters. The van der Waals surface area contributed by atoms with Gasteiger partial charge in [0.25, 0.3) is 10.8 Å². The van der Waals surface area contributed by atoms with E-state index in [0.29, 0.717) is 17.8 Å². The van der Waals surface area contributed by atoms with E-state index in [1.165, 1.54) is 19.2 Å². The van der Waals surface area contributed by atoms with Gasteiger partial charge in [-0.2, -0.15) is 0 Å². The third kappa shape index (κ3) is 2.94. The maximum Gasteiger partial charge on any atom is 0.491 e. The van der Waals surface area contributed by atoms with E-state index in [2.05, 4.69) is 10.2 Å². The van der Waals surface area contributed by atoms with Crippen molar-refractivity contribution in [2.45, 2.75) is 6.61 Å². The van der Waals surface area contributed by atoms with Crippen LogP contribution in [-0.2, 0) is 16.1 Å². The van der Waals surface area contributed by atoms with E-state index in [1.54, 1.807) is 30.3 Å². The Kier molecular flexibility index (Phi) is 4.09. The van der Waals surface area contributed by atoms with Crippen molar-refractivity contribution in [2.24, 2.45) is 0 Å². The van der Waals surface area contributed by atoms with Gasteiger partial charge in [0.2, 0.25) is 0 Å². The second-order valence-corrected chi connectivity index (χ2v) is 4.99. The number of anilines is 1. The summed E-state index contributed by atoms with van der Waals surface area (Å²) in [6.45, 7) is 0.340. The molecule has 116 valence electrons. The van der Waals surface area contributed by atoms with Gasteiger partial charge in [0, 0.05) is 11.8 Å². The second-order valence-electron chi connectivity index (χ2n) is 4.99. The first kappa shape index (κ1) is 15.2. The molecule has 0 saturated carbocycles. The Morgan fingerprint density at radius 1 is 1.35 bits per heavy atom. The largest absolute Gasteiger partial charge is 0.491 e. The van der Waals surface area contributed by atoms with Crippen molar-refractivity contribution < 1.29 is 24.2 Å². The second kappa shape index (κ2) is 6.19. The summed E-state index contributed by atoms with van der Waals surface area (Å²) in [4.78, 5) is 28.9. The standard InChI is InChI=1S/C15H13BN2O5/c1-22-18(21)14-5-3-2-4-12(14)15(19)17-11-7-6-10-9-23-16(20)13(10)8-11/h2-8,20H,9H2,1H3/p+1. The third-order valence-electron chi connectivity index (χ3n) is 3.58. The zero-order valence-corrected chi connectivity index (χ0v) is 12.4. The number of fused-ring (bicyclic) bond motifs is 1. The van der Waals surface area contributed by atoms with Crippen molar-refractivity contribution in [3.63, 3.8) is 0 Å². The summed E-state index contributed by atoms with van der Waals surface area (Å²) in [7, 11) is 0.239. The lowest BCUT2D eigenvalue weighted by Crippen LogP contribution is -2.28. The molecule has 23 heavy (non-hydrogen) atoms. The van der Waals surface area contributed by atoms with Crippen LogP contribution in [0.1, 0.15) is 15.9 Å². The topological polar surface area (TPSA) is 87.9 Å². The summed E-state index contributed by atoms with van der Waals surface area (Å²) in [6, 6.07) is 11.5. The lowest BCUT2D eigenvalue weighted by atomic mass is 9.79. The average Bonchev–Trinajstić information content (AvgIpc) is 2.95. The molecule has 7 nitrogen and oxygen atoms in total. The van der Waals surface area contributed by atoms with Crippen molar-refractivity contribution >= 4 is 29.9 Å². The van der Waals surface area contributed by atoms with E-state index in [4.69, 9.17) is 4.65 Å². The van der Waals surface area contributed by atoms with Gasteiger partial charge < -0.3 is 15.0 Å². The molecule has 0 aromatic heterocycles. The van der Waals surface area contributed by atoms with Gasteiger partial charge in [-0.25, -0.2) is 4.84 Å². The minimum absolute atomic E-state index is 0.108. The van der Waals surface area contributed by atoms with E-state index < -0.39 is 13.0 Å². The van der Waals surface area contributed by atoms with E-state index in [0.717, 1.165) is 5.56 Å². The molecular formula is C15H14BN2O5+. The van der Waals surface area contributed by atoms with Crippen molar-refractivity contribution in [1.29, 1.82) is 0 Å². The molecule has 2 aromatic carbocycles. The number of carbonyl (C=O) groups excluding carboxylic acids is 1. The first-order chi connectivity index (χ1) is 11.1. The molecule has 1 heterocycles. The fourth-order valence-electron chi connectivity index (χ4n) is 2.41. The normalized spacial score (nSPS) is 12.7. The fraction of sp³-hybridized carbons (Fsp3) is 0.133. The molecule has 1 aliphatic heterocycles. The molecule has 3 rings (SSSR count). The molecule has 0 radical (unpaired) electrons. The molecule has 1 aliphatic rings. The molecule has 0 bridgehead atoms. The minimum Gasteiger partial charge on any atom is -0.423 e. The molecule has 0 spiro atoms. The number of para-hydroxylation sites is 1. The molecule has 8 heteroatoms. The zero-order chi connectivity index (χ0) is 16.4. The summed E-state index contributed by atoms with van der Waals surface area (Å²) in [5.74, 6) is -0.452. The summed E-state index contributed by atoms with van der Waals surface area (Å²) in [6.07, 6.45) is 0. The highest BCUT2D eigenvalue weighted by Gasteiger charge is 2.28. The summed E-state index contributed by atoms with van der Waals surface area (Å²) >= 11 is 0. The predicted molar refractivity (Wildman–Crippen MR) is 83.5 cm³/mol. The number of hydrogen-bond acceptors (Lipinski definition) is 5. The van der Waals surface area contributed by atoms with Gasteiger partial charge in [-0.3, -0.25) is 4.79 Å².